The first-order valence-corrected chi connectivity index (χ1v) is 9.14. The second kappa shape index (κ2) is 27.4. The summed E-state index contributed by atoms with van der Waals surface area (Å²) in [4.78, 5) is 0. The quantitative estimate of drug-likeness (QED) is 0.422. The Labute approximate surface area is 178 Å². The van der Waals surface area contributed by atoms with Crippen molar-refractivity contribution < 1.29 is 32.7 Å². The number of aryl methyl sites for hydroxylation is 1. The number of hydrogen-bond donors (Lipinski definition) is 0. The van der Waals surface area contributed by atoms with Gasteiger partial charge < -0.3 is 0 Å². The van der Waals surface area contributed by atoms with Crippen molar-refractivity contribution in [1.29, 1.82) is 0 Å². The van der Waals surface area contributed by atoms with Gasteiger partial charge in [-0.25, -0.2) is 11.1 Å². The van der Waals surface area contributed by atoms with Crippen molar-refractivity contribution in [2.24, 2.45) is 0 Å². The molecule has 0 aliphatic carbocycles. The van der Waals surface area contributed by atoms with Gasteiger partial charge in [0.15, 0.2) is 0 Å². The fourth-order valence-corrected chi connectivity index (χ4v) is 1.30. The Morgan fingerprint density at radius 1 is 0.708 bits per heavy atom. The van der Waals surface area contributed by atoms with Gasteiger partial charge >= 0.3 is 0 Å². The molecule has 0 heterocycles. The fourth-order valence-electron chi connectivity index (χ4n) is 1.30. The third-order valence-corrected chi connectivity index (χ3v) is 1.96. The van der Waals surface area contributed by atoms with Crippen LogP contribution in [0.25, 0.3) is 11.1 Å². The van der Waals surface area contributed by atoms with Gasteiger partial charge in [0.2, 0.25) is 0 Å². The van der Waals surface area contributed by atoms with E-state index < -0.39 is 0 Å². The third-order valence-electron chi connectivity index (χ3n) is 1.96. The zero-order chi connectivity index (χ0) is 18.5. The summed E-state index contributed by atoms with van der Waals surface area (Å²) < 4.78 is 0. The van der Waals surface area contributed by atoms with Crippen LogP contribution in [-0.4, -0.2) is 0 Å². The summed E-state index contributed by atoms with van der Waals surface area (Å²) in [6, 6.07) is 20.4. The van der Waals surface area contributed by atoms with Crippen molar-refractivity contribution in [3.63, 3.8) is 0 Å². The second-order valence-corrected chi connectivity index (χ2v) is 4.47. The van der Waals surface area contributed by atoms with Crippen LogP contribution in [0.5, 0.6) is 0 Å². The van der Waals surface area contributed by atoms with E-state index in [2.05, 4.69) is 52.8 Å². The molecule has 0 saturated carbocycles. The maximum absolute atomic E-state index is 3.19. The molecule has 0 aliphatic heterocycles. The molecule has 0 amide bonds. The Balaban J connectivity index is -0.000000155. The Kier molecular flexibility index (Phi) is 35.8. The number of hydrogen-bond acceptors (Lipinski definition) is 0. The summed E-state index contributed by atoms with van der Waals surface area (Å²) in [5.74, 6) is 0. The maximum atomic E-state index is 3.19. The normalized spacial score (nSPS) is 7.38. The Morgan fingerprint density at radius 2 is 1.17 bits per heavy atom. The summed E-state index contributed by atoms with van der Waals surface area (Å²) in [6.45, 7) is 18.6. The molecule has 0 N–H and O–H groups in total. The molecule has 1 heteroatoms. The summed E-state index contributed by atoms with van der Waals surface area (Å²) in [5, 5.41) is 0. The van der Waals surface area contributed by atoms with Gasteiger partial charge in [0.1, 0.15) is 0 Å². The predicted molar refractivity (Wildman–Crippen MR) is 109 cm³/mol. The first-order chi connectivity index (χ1) is 11.2. The molecule has 135 valence electrons. The molecule has 2 aromatic carbocycles. The van der Waals surface area contributed by atoms with Crippen LogP contribution in [-0.2, 0) is 32.7 Å². The van der Waals surface area contributed by atoms with Crippen LogP contribution in [0.3, 0.4) is 0 Å². The third kappa shape index (κ3) is 19.6. The Bertz CT molecular complexity index is 419. The van der Waals surface area contributed by atoms with Crippen molar-refractivity contribution in [2.75, 3.05) is 0 Å². The molecule has 0 aliphatic rings. The predicted octanol–water partition coefficient (Wildman–Crippen LogP) is 8.14. The number of benzene rings is 2. The molecule has 0 spiro atoms. The zero-order valence-electron chi connectivity index (χ0n) is 17.5. The molecule has 24 heavy (non-hydrogen) atoms. The first-order valence-electron chi connectivity index (χ1n) is 9.14. The summed E-state index contributed by atoms with van der Waals surface area (Å²) in [7, 11) is 0. The van der Waals surface area contributed by atoms with Crippen LogP contribution in [0.15, 0.2) is 42.5 Å². The van der Waals surface area contributed by atoms with E-state index in [1.54, 1.807) is 0 Å². The monoisotopic (exact) mass is 403 g/mol. The van der Waals surface area contributed by atoms with Crippen molar-refractivity contribution in [3.05, 3.63) is 60.2 Å². The molecular formula is C23H38Y-2. The summed E-state index contributed by atoms with van der Waals surface area (Å²) in [5.41, 5.74) is 3.47. The summed E-state index contributed by atoms with van der Waals surface area (Å²) >= 11 is 0. The molecule has 0 aromatic heterocycles. The number of rotatable bonds is 1. The van der Waals surface area contributed by atoms with Crippen LogP contribution in [0.4, 0.5) is 0 Å². The molecule has 0 fully saturated rings. The molecule has 0 atom stereocenters. The van der Waals surface area contributed by atoms with E-state index in [4.69, 9.17) is 0 Å². The van der Waals surface area contributed by atoms with Crippen LogP contribution >= 0.6 is 0 Å². The minimum absolute atomic E-state index is 0. The molecule has 2 rings (SSSR count). The van der Waals surface area contributed by atoms with Crippen molar-refractivity contribution >= 4 is 0 Å². The van der Waals surface area contributed by atoms with Crippen LogP contribution < -0.4 is 0 Å². The van der Waals surface area contributed by atoms with E-state index in [0.717, 1.165) is 11.1 Å². The van der Waals surface area contributed by atoms with Gasteiger partial charge in [0.05, 0.1) is 0 Å². The Hall–Kier alpha value is -0.456. The van der Waals surface area contributed by atoms with Gasteiger partial charge in [-0.15, -0.1) is 17.7 Å². The molecule has 1 radical (unpaired) electrons. The Morgan fingerprint density at radius 3 is 1.54 bits per heavy atom. The smallest absolute Gasteiger partial charge is 0 e. The van der Waals surface area contributed by atoms with Crippen molar-refractivity contribution in [1.82, 2.24) is 0 Å². The molecule has 0 unspecified atom stereocenters. The average molecular weight is 403 g/mol. The molecular weight excluding hydrogens is 365 g/mol. The first kappa shape index (κ1) is 31.3. The van der Waals surface area contributed by atoms with E-state index in [1.165, 1.54) is 18.4 Å². The minimum Gasteiger partial charge on any atom is -0.226 e. The van der Waals surface area contributed by atoms with Crippen LogP contribution in [0, 0.1) is 19.1 Å². The molecule has 0 nitrogen and oxygen atoms in total. The second-order valence-electron chi connectivity index (χ2n) is 4.47. The van der Waals surface area contributed by atoms with E-state index in [-0.39, 0.29) is 32.7 Å². The van der Waals surface area contributed by atoms with E-state index in [1.807, 2.05) is 64.1 Å². The van der Waals surface area contributed by atoms with Crippen molar-refractivity contribution in [2.45, 2.75) is 75.2 Å². The van der Waals surface area contributed by atoms with Gasteiger partial charge in [-0.3, -0.25) is 0 Å². The van der Waals surface area contributed by atoms with Crippen molar-refractivity contribution in [3.8, 4) is 11.1 Å². The van der Waals surface area contributed by atoms with Crippen LogP contribution in [0.2, 0.25) is 0 Å². The van der Waals surface area contributed by atoms with Gasteiger partial charge in [-0.2, -0.15) is 42.5 Å². The average Bonchev–Trinajstić information content (AvgIpc) is 2.61. The standard InChI is InChI=1S/C13H10.2C3H8.2C2H6.Y/c1-11-6-5-9-13(10-11)12-7-3-2-4-8-12;2*1-3-2;2*1-2;/h2-7,10H,1H3;2*3H2,1-2H3;2*1-2H3;/q-2;;;;;. The SMILES string of the molecule is CC.CC.CCC.CCC.Cc1cc[c-]c(-c2[c-]cccc2)c1.[Y]. The zero-order valence-corrected chi connectivity index (χ0v) is 20.4. The molecule has 2 aromatic rings. The minimum atomic E-state index is 0. The summed E-state index contributed by atoms with van der Waals surface area (Å²) in [6.07, 6.45) is 2.50. The molecule has 0 saturated heterocycles. The largest absolute Gasteiger partial charge is 0.226 e. The molecule has 0 bridgehead atoms. The van der Waals surface area contributed by atoms with E-state index in [9.17, 15) is 0 Å². The van der Waals surface area contributed by atoms with E-state index in [0.29, 0.717) is 0 Å². The van der Waals surface area contributed by atoms with E-state index >= 15 is 0 Å². The fraction of sp³-hybridized carbons (Fsp3) is 0.478. The topological polar surface area (TPSA) is 0 Å². The van der Waals surface area contributed by atoms with Gasteiger partial charge in [-0.05, 0) is 0 Å². The van der Waals surface area contributed by atoms with Gasteiger partial charge in [-0.1, -0.05) is 75.2 Å². The van der Waals surface area contributed by atoms with Crippen LogP contribution in [0.1, 0.15) is 73.8 Å². The van der Waals surface area contributed by atoms with Gasteiger partial charge in [0, 0.05) is 32.7 Å². The van der Waals surface area contributed by atoms with Gasteiger partial charge in [0.25, 0.3) is 0 Å². The maximum Gasteiger partial charge on any atom is 0 e.